The number of aromatic hydroxyl groups is 1. The average Bonchev–Trinajstić information content (AvgIpc) is 3.08. The molecule has 0 radical (unpaired) electrons. The van der Waals surface area contributed by atoms with Gasteiger partial charge in [-0.05, 0) is 35.9 Å². The third-order valence-corrected chi connectivity index (χ3v) is 6.85. The molecule has 5 nitrogen and oxygen atoms in total. The van der Waals surface area contributed by atoms with Crippen molar-refractivity contribution in [2.75, 3.05) is 20.2 Å². The van der Waals surface area contributed by atoms with Crippen molar-refractivity contribution in [3.8, 4) is 5.75 Å². The van der Waals surface area contributed by atoms with Gasteiger partial charge in [0.25, 0.3) is 0 Å². The minimum atomic E-state index is -3.69. The Hall–Kier alpha value is -2.02. The number of sulfonamides is 1. The largest absolute Gasteiger partial charge is 0.508 e. The number of phenolic OH excluding ortho intramolecular Hbond substituents is 1. The average molecular weight is 394 g/mol. The van der Waals surface area contributed by atoms with Crippen LogP contribution in [-0.4, -0.2) is 38.0 Å². The summed E-state index contributed by atoms with van der Waals surface area (Å²) in [5.41, 5.74) is 0.685. The Kier molecular flexibility index (Phi) is 5.27. The van der Waals surface area contributed by atoms with Crippen LogP contribution in [0.5, 0.6) is 5.75 Å². The van der Waals surface area contributed by atoms with E-state index in [0.29, 0.717) is 16.3 Å². The number of rotatable bonds is 5. The summed E-state index contributed by atoms with van der Waals surface area (Å²) in [6, 6.07) is 13.0. The van der Waals surface area contributed by atoms with Crippen molar-refractivity contribution in [2.45, 2.75) is 10.8 Å². The molecular weight excluding hydrogens is 374 g/mol. The van der Waals surface area contributed by atoms with Gasteiger partial charge in [-0.25, -0.2) is 8.42 Å². The monoisotopic (exact) mass is 393 g/mol. The molecule has 2 aromatic carbocycles. The summed E-state index contributed by atoms with van der Waals surface area (Å²) < 4.78 is 32.7. The second kappa shape index (κ2) is 7.31. The van der Waals surface area contributed by atoms with E-state index in [-0.39, 0.29) is 35.6 Å². The molecule has 1 aliphatic rings. The van der Waals surface area contributed by atoms with E-state index in [0.717, 1.165) is 0 Å². The Bertz CT molecular complexity index is 911. The van der Waals surface area contributed by atoms with Crippen LogP contribution in [0.3, 0.4) is 0 Å². The fourth-order valence-corrected chi connectivity index (χ4v) is 4.93. The highest BCUT2D eigenvalue weighted by Gasteiger charge is 2.42. The van der Waals surface area contributed by atoms with Gasteiger partial charge in [0.2, 0.25) is 10.0 Å². The first-order valence-electron chi connectivity index (χ1n) is 8.11. The van der Waals surface area contributed by atoms with Crippen molar-refractivity contribution in [1.29, 1.82) is 0 Å². The number of hydrogen-bond donors (Lipinski definition) is 1. The molecule has 3 rings (SSSR count). The summed E-state index contributed by atoms with van der Waals surface area (Å²) in [6.07, 6.45) is 0. The zero-order valence-corrected chi connectivity index (χ0v) is 15.9. The first kappa shape index (κ1) is 18.8. The maximum atomic E-state index is 13.0. The molecule has 0 aromatic heterocycles. The van der Waals surface area contributed by atoms with Crippen LogP contribution >= 0.6 is 11.6 Å². The highest BCUT2D eigenvalue weighted by Crippen LogP contribution is 2.42. The molecule has 1 N–H and O–H groups in total. The lowest BCUT2D eigenvalue weighted by Gasteiger charge is -2.20. The Balaban J connectivity index is 1.97. The van der Waals surface area contributed by atoms with Gasteiger partial charge >= 0.3 is 0 Å². The van der Waals surface area contributed by atoms with Gasteiger partial charge in [0.1, 0.15) is 5.75 Å². The summed E-state index contributed by atoms with van der Waals surface area (Å²) >= 11 is 5.86. The topological polar surface area (TPSA) is 66.8 Å². The van der Waals surface area contributed by atoms with Crippen molar-refractivity contribution >= 4 is 21.6 Å². The lowest BCUT2D eigenvalue weighted by atomic mass is 9.87. The molecule has 0 unspecified atom stereocenters. The molecule has 26 heavy (non-hydrogen) atoms. The van der Waals surface area contributed by atoms with E-state index < -0.39 is 10.0 Å². The van der Waals surface area contributed by atoms with Crippen molar-refractivity contribution in [3.05, 3.63) is 71.5 Å². The maximum Gasteiger partial charge on any atom is 0.243 e. The molecular formula is C19H20ClNO4S. The first-order chi connectivity index (χ1) is 12.3. The van der Waals surface area contributed by atoms with Crippen molar-refractivity contribution < 1.29 is 18.3 Å². The summed E-state index contributed by atoms with van der Waals surface area (Å²) in [4.78, 5) is 0.182. The second-order valence-electron chi connectivity index (χ2n) is 6.22. The second-order valence-corrected chi connectivity index (χ2v) is 8.59. The number of benzene rings is 2. The molecule has 1 fully saturated rings. The molecule has 138 valence electrons. The van der Waals surface area contributed by atoms with Gasteiger partial charge in [0.15, 0.2) is 0 Å². The first-order valence-corrected chi connectivity index (χ1v) is 9.92. The van der Waals surface area contributed by atoms with E-state index in [2.05, 4.69) is 6.58 Å². The lowest BCUT2D eigenvalue weighted by Crippen LogP contribution is -2.29. The van der Waals surface area contributed by atoms with E-state index in [1.54, 1.807) is 30.3 Å². The van der Waals surface area contributed by atoms with Gasteiger partial charge in [-0.2, -0.15) is 4.31 Å². The van der Waals surface area contributed by atoms with E-state index in [1.807, 2.05) is 6.07 Å². The fourth-order valence-electron chi connectivity index (χ4n) is 3.31. The number of ether oxygens (including phenoxy) is 1. The number of hydrogen-bond acceptors (Lipinski definition) is 4. The van der Waals surface area contributed by atoms with E-state index in [9.17, 15) is 13.5 Å². The Morgan fingerprint density at radius 3 is 2.46 bits per heavy atom. The van der Waals surface area contributed by atoms with E-state index in [4.69, 9.17) is 16.3 Å². The Morgan fingerprint density at radius 2 is 1.85 bits per heavy atom. The van der Waals surface area contributed by atoms with Crippen LogP contribution in [0.4, 0.5) is 0 Å². The highest BCUT2D eigenvalue weighted by atomic mass is 35.5. The number of methoxy groups -OCH3 is 1. The van der Waals surface area contributed by atoms with Gasteiger partial charge in [0, 0.05) is 29.9 Å². The third-order valence-electron chi connectivity index (χ3n) is 4.75. The maximum absolute atomic E-state index is 13.0. The molecule has 0 aliphatic carbocycles. The Morgan fingerprint density at radius 1 is 1.19 bits per heavy atom. The van der Waals surface area contributed by atoms with Gasteiger partial charge in [-0.15, -0.1) is 0 Å². The van der Waals surface area contributed by atoms with Gasteiger partial charge in [0.05, 0.1) is 17.8 Å². The molecule has 1 heterocycles. The molecule has 7 heteroatoms. The van der Waals surface area contributed by atoms with E-state index in [1.165, 1.54) is 23.5 Å². The molecule has 0 spiro atoms. The minimum Gasteiger partial charge on any atom is -0.508 e. The quantitative estimate of drug-likeness (QED) is 0.788. The number of phenols is 1. The van der Waals surface area contributed by atoms with Crippen molar-refractivity contribution in [2.24, 2.45) is 5.92 Å². The standard InChI is InChI=1S/C19H20ClNO4S/c1-13(25-2)17-11-21(12-18(17)16-5-3-4-6-19(16)22)26(23,24)15-9-7-14(20)8-10-15/h3-10,17-18,22H,1,11-12H2,2H3/t17-,18-/m1/s1. The van der Waals surface area contributed by atoms with E-state index >= 15 is 0 Å². The van der Waals surface area contributed by atoms with Crippen molar-refractivity contribution in [1.82, 2.24) is 4.31 Å². The zero-order valence-electron chi connectivity index (χ0n) is 14.3. The molecule has 1 saturated heterocycles. The molecule has 2 aromatic rings. The van der Waals surface area contributed by atoms with Gasteiger partial charge in [-0.1, -0.05) is 36.4 Å². The summed E-state index contributed by atoms with van der Waals surface area (Å²) in [7, 11) is -2.17. The number of para-hydroxylation sites is 1. The molecule has 2 atom stereocenters. The summed E-state index contributed by atoms with van der Waals surface area (Å²) in [5.74, 6) is 0.130. The van der Waals surface area contributed by atoms with Crippen LogP contribution in [0.2, 0.25) is 5.02 Å². The van der Waals surface area contributed by atoms with Crippen LogP contribution in [0.15, 0.2) is 65.8 Å². The molecule has 0 amide bonds. The lowest BCUT2D eigenvalue weighted by molar-refractivity contribution is 0.239. The Labute approximate surface area is 158 Å². The van der Waals surface area contributed by atoms with Gasteiger partial charge in [-0.3, -0.25) is 0 Å². The van der Waals surface area contributed by atoms with Crippen LogP contribution in [0, 0.1) is 5.92 Å². The SMILES string of the molecule is C=C(OC)[C@H]1CN(S(=O)(=O)c2ccc(Cl)cc2)C[C@@H]1c1ccccc1O. The normalized spacial score (nSPS) is 20.8. The van der Waals surface area contributed by atoms with Crippen molar-refractivity contribution in [3.63, 3.8) is 0 Å². The summed E-state index contributed by atoms with van der Waals surface area (Å²) in [6.45, 7) is 4.38. The fraction of sp³-hybridized carbons (Fsp3) is 0.263. The van der Waals surface area contributed by atoms with Crippen LogP contribution in [-0.2, 0) is 14.8 Å². The zero-order chi connectivity index (χ0) is 18.9. The number of halogens is 1. The predicted octanol–water partition coefficient (Wildman–Crippen LogP) is 3.61. The van der Waals surface area contributed by atoms with Crippen LogP contribution in [0.1, 0.15) is 11.5 Å². The van der Waals surface area contributed by atoms with Gasteiger partial charge < -0.3 is 9.84 Å². The molecule has 1 aliphatic heterocycles. The summed E-state index contributed by atoms with van der Waals surface area (Å²) in [5, 5.41) is 10.7. The smallest absolute Gasteiger partial charge is 0.243 e. The molecule has 0 saturated carbocycles. The highest BCUT2D eigenvalue weighted by molar-refractivity contribution is 7.89. The predicted molar refractivity (Wildman–Crippen MR) is 101 cm³/mol. The number of nitrogens with zero attached hydrogens (tertiary/aromatic N) is 1. The molecule has 0 bridgehead atoms. The minimum absolute atomic E-state index is 0.136. The van der Waals surface area contributed by atoms with Crippen LogP contribution in [0.25, 0.3) is 0 Å². The van der Waals surface area contributed by atoms with Crippen LogP contribution < -0.4 is 0 Å². The third kappa shape index (κ3) is 3.45.